The molecule has 0 amide bonds. The van der Waals surface area contributed by atoms with Gasteiger partial charge < -0.3 is 11.1 Å². The summed E-state index contributed by atoms with van der Waals surface area (Å²) < 4.78 is 26.1. The lowest BCUT2D eigenvalue weighted by molar-refractivity contribution is 0.603. The first-order chi connectivity index (χ1) is 7.65. The SMILES string of the molecule is Nc1ccnc(Nc2cc(F)ccc2F)c1. The van der Waals surface area contributed by atoms with Crippen molar-refractivity contribution in [2.24, 2.45) is 0 Å². The second kappa shape index (κ2) is 4.14. The molecule has 82 valence electrons. The molecular weight excluding hydrogens is 212 g/mol. The van der Waals surface area contributed by atoms with Crippen molar-refractivity contribution in [1.29, 1.82) is 0 Å². The number of benzene rings is 1. The molecule has 1 aromatic carbocycles. The van der Waals surface area contributed by atoms with Gasteiger partial charge in [0, 0.05) is 24.0 Å². The minimum absolute atomic E-state index is 0.0260. The van der Waals surface area contributed by atoms with Crippen LogP contribution in [-0.4, -0.2) is 4.98 Å². The van der Waals surface area contributed by atoms with Gasteiger partial charge in [-0.25, -0.2) is 13.8 Å². The summed E-state index contributed by atoms with van der Waals surface area (Å²) in [5.74, 6) is -0.706. The van der Waals surface area contributed by atoms with Crippen LogP contribution in [0.4, 0.5) is 26.0 Å². The second-order valence-electron chi connectivity index (χ2n) is 3.22. The van der Waals surface area contributed by atoms with Gasteiger partial charge in [-0.3, -0.25) is 0 Å². The molecule has 0 unspecified atom stereocenters. The minimum atomic E-state index is -0.550. The fourth-order valence-corrected chi connectivity index (χ4v) is 1.25. The highest BCUT2D eigenvalue weighted by atomic mass is 19.1. The Morgan fingerprint density at radius 2 is 1.94 bits per heavy atom. The Morgan fingerprint density at radius 3 is 2.69 bits per heavy atom. The third-order valence-electron chi connectivity index (χ3n) is 1.98. The standard InChI is InChI=1S/C11H9F2N3/c12-7-1-2-9(13)10(5-7)16-11-6-8(14)3-4-15-11/h1-6H,(H3,14,15,16). The van der Waals surface area contributed by atoms with E-state index >= 15 is 0 Å². The molecule has 0 fully saturated rings. The predicted octanol–water partition coefficient (Wildman–Crippen LogP) is 2.69. The van der Waals surface area contributed by atoms with Gasteiger partial charge in [0.15, 0.2) is 0 Å². The molecular formula is C11H9F2N3. The van der Waals surface area contributed by atoms with Crippen molar-refractivity contribution in [3.8, 4) is 0 Å². The molecule has 1 aromatic heterocycles. The van der Waals surface area contributed by atoms with Gasteiger partial charge in [-0.2, -0.15) is 0 Å². The number of anilines is 3. The van der Waals surface area contributed by atoms with Gasteiger partial charge in [-0.05, 0) is 18.2 Å². The molecule has 3 nitrogen and oxygen atoms in total. The maximum atomic E-state index is 13.3. The van der Waals surface area contributed by atoms with Crippen LogP contribution in [0.3, 0.4) is 0 Å². The number of nitrogens with two attached hydrogens (primary N) is 1. The van der Waals surface area contributed by atoms with Crippen LogP contribution in [0.25, 0.3) is 0 Å². The van der Waals surface area contributed by atoms with E-state index in [0.29, 0.717) is 11.5 Å². The van der Waals surface area contributed by atoms with Crippen molar-refractivity contribution in [3.63, 3.8) is 0 Å². The summed E-state index contributed by atoms with van der Waals surface area (Å²) in [7, 11) is 0. The van der Waals surface area contributed by atoms with Crippen molar-refractivity contribution >= 4 is 17.2 Å². The Kier molecular flexibility index (Phi) is 2.68. The number of rotatable bonds is 2. The van der Waals surface area contributed by atoms with Gasteiger partial charge in [0.05, 0.1) is 5.69 Å². The molecule has 0 aliphatic heterocycles. The summed E-state index contributed by atoms with van der Waals surface area (Å²) in [6.45, 7) is 0. The van der Waals surface area contributed by atoms with Crippen molar-refractivity contribution < 1.29 is 8.78 Å². The summed E-state index contributed by atoms with van der Waals surface area (Å²) in [6.07, 6.45) is 1.48. The predicted molar refractivity (Wildman–Crippen MR) is 58.3 cm³/mol. The van der Waals surface area contributed by atoms with Crippen molar-refractivity contribution in [2.45, 2.75) is 0 Å². The molecule has 0 radical (unpaired) electrons. The number of hydrogen-bond acceptors (Lipinski definition) is 3. The highest BCUT2D eigenvalue weighted by Gasteiger charge is 2.04. The van der Waals surface area contributed by atoms with E-state index in [0.717, 1.165) is 18.2 Å². The molecule has 0 atom stereocenters. The van der Waals surface area contributed by atoms with Crippen molar-refractivity contribution in [1.82, 2.24) is 4.98 Å². The first kappa shape index (κ1) is 10.4. The second-order valence-corrected chi connectivity index (χ2v) is 3.22. The Balaban J connectivity index is 2.30. The molecule has 5 heteroatoms. The van der Waals surface area contributed by atoms with E-state index in [1.807, 2.05) is 0 Å². The fraction of sp³-hybridized carbons (Fsp3) is 0. The first-order valence-corrected chi connectivity index (χ1v) is 4.59. The van der Waals surface area contributed by atoms with Crippen LogP contribution in [0, 0.1) is 11.6 Å². The monoisotopic (exact) mass is 221 g/mol. The van der Waals surface area contributed by atoms with E-state index in [2.05, 4.69) is 10.3 Å². The molecule has 1 heterocycles. The van der Waals surface area contributed by atoms with Gasteiger partial charge in [-0.15, -0.1) is 0 Å². The van der Waals surface area contributed by atoms with Crippen LogP contribution in [-0.2, 0) is 0 Å². The quantitative estimate of drug-likeness (QED) is 0.819. The molecule has 2 rings (SSSR count). The zero-order chi connectivity index (χ0) is 11.5. The van der Waals surface area contributed by atoms with E-state index < -0.39 is 11.6 Å². The van der Waals surface area contributed by atoms with Crippen LogP contribution >= 0.6 is 0 Å². The van der Waals surface area contributed by atoms with Crippen LogP contribution in [0.15, 0.2) is 36.5 Å². The Labute approximate surface area is 90.9 Å². The molecule has 3 N–H and O–H groups in total. The molecule has 0 aliphatic rings. The van der Waals surface area contributed by atoms with Crippen LogP contribution in [0.5, 0.6) is 0 Å². The zero-order valence-electron chi connectivity index (χ0n) is 8.24. The summed E-state index contributed by atoms with van der Waals surface area (Å²) in [5.41, 5.74) is 6.05. The van der Waals surface area contributed by atoms with Crippen LogP contribution in [0.2, 0.25) is 0 Å². The van der Waals surface area contributed by atoms with Crippen LogP contribution in [0.1, 0.15) is 0 Å². The summed E-state index contributed by atoms with van der Waals surface area (Å²) in [6, 6.07) is 6.29. The van der Waals surface area contributed by atoms with Gasteiger partial charge >= 0.3 is 0 Å². The highest BCUT2D eigenvalue weighted by molar-refractivity contribution is 5.60. The van der Waals surface area contributed by atoms with E-state index in [9.17, 15) is 8.78 Å². The minimum Gasteiger partial charge on any atom is -0.399 e. The number of aromatic nitrogens is 1. The lowest BCUT2D eigenvalue weighted by atomic mass is 10.3. The van der Waals surface area contributed by atoms with E-state index in [1.54, 1.807) is 6.07 Å². The molecule has 0 saturated carbocycles. The molecule has 2 aromatic rings. The van der Waals surface area contributed by atoms with Gasteiger partial charge in [-0.1, -0.05) is 0 Å². The maximum absolute atomic E-state index is 13.3. The Bertz CT molecular complexity index is 514. The summed E-state index contributed by atoms with van der Waals surface area (Å²) >= 11 is 0. The smallest absolute Gasteiger partial charge is 0.146 e. The molecule has 16 heavy (non-hydrogen) atoms. The summed E-state index contributed by atoms with van der Waals surface area (Å²) in [5, 5.41) is 2.65. The molecule has 0 aliphatic carbocycles. The normalized spacial score (nSPS) is 10.1. The lowest BCUT2D eigenvalue weighted by Gasteiger charge is -2.06. The van der Waals surface area contributed by atoms with E-state index in [4.69, 9.17) is 5.73 Å². The van der Waals surface area contributed by atoms with Gasteiger partial charge in [0.1, 0.15) is 17.5 Å². The molecule has 0 bridgehead atoms. The number of halogens is 2. The largest absolute Gasteiger partial charge is 0.399 e. The molecule has 0 spiro atoms. The van der Waals surface area contributed by atoms with E-state index in [1.165, 1.54) is 12.3 Å². The number of hydrogen-bond donors (Lipinski definition) is 2. The lowest BCUT2D eigenvalue weighted by Crippen LogP contribution is -1.97. The third kappa shape index (κ3) is 2.25. The average molecular weight is 221 g/mol. The number of nitrogens with zero attached hydrogens (tertiary/aromatic N) is 1. The van der Waals surface area contributed by atoms with Gasteiger partial charge in [0.25, 0.3) is 0 Å². The fourth-order valence-electron chi connectivity index (χ4n) is 1.25. The Morgan fingerprint density at radius 1 is 1.12 bits per heavy atom. The van der Waals surface area contributed by atoms with Crippen molar-refractivity contribution in [2.75, 3.05) is 11.1 Å². The first-order valence-electron chi connectivity index (χ1n) is 4.59. The third-order valence-corrected chi connectivity index (χ3v) is 1.98. The number of nitrogen functional groups attached to an aromatic ring is 1. The number of nitrogens with one attached hydrogen (secondary N) is 1. The number of pyridine rings is 1. The van der Waals surface area contributed by atoms with Crippen molar-refractivity contribution in [3.05, 3.63) is 48.2 Å². The maximum Gasteiger partial charge on any atom is 0.146 e. The van der Waals surface area contributed by atoms with Gasteiger partial charge in [0.2, 0.25) is 0 Å². The molecule has 0 saturated heterocycles. The van der Waals surface area contributed by atoms with E-state index in [-0.39, 0.29) is 5.69 Å². The highest BCUT2D eigenvalue weighted by Crippen LogP contribution is 2.20. The van der Waals surface area contributed by atoms with Crippen LogP contribution < -0.4 is 11.1 Å². The topological polar surface area (TPSA) is 50.9 Å². The zero-order valence-corrected chi connectivity index (χ0v) is 8.24. The average Bonchev–Trinajstić information content (AvgIpc) is 2.24. The summed E-state index contributed by atoms with van der Waals surface area (Å²) in [4.78, 5) is 3.93. The Hall–Kier alpha value is -2.17.